The van der Waals surface area contributed by atoms with Gasteiger partial charge in [-0.05, 0) is 18.3 Å². The third-order valence-electron chi connectivity index (χ3n) is 5.09. The summed E-state index contributed by atoms with van der Waals surface area (Å²) in [5, 5.41) is 3.44. The van der Waals surface area contributed by atoms with Gasteiger partial charge in [-0.2, -0.15) is 0 Å². The van der Waals surface area contributed by atoms with Gasteiger partial charge in [0.15, 0.2) is 0 Å². The molecule has 1 fully saturated rings. The summed E-state index contributed by atoms with van der Waals surface area (Å²) in [5.41, 5.74) is 2.83. The molecule has 0 aromatic carbocycles. The first kappa shape index (κ1) is 13.2. The fraction of sp³-hybridized carbons (Fsp3) is 0.812. The minimum atomic E-state index is 0.868. The highest BCUT2D eigenvalue weighted by Gasteiger charge is 2.25. The Labute approximate surface area is 116 Å². The van der Waals surface area contributed by atoms with Crippen molar-refractivity contribution in [1.29, 1.82) is 0 Å². The fourth-order valence-corrected chi connectivity index (χ4v) is 3.81. The van der Waals surface area contributed by atoms with Crippen molar-refractivity contribution in [2.45, 2.75) is 65.5 Å². The van der Waals surface area contributed by atoms with Gasteiger partial charge in [0.1, 0.15) is 5.82 Å². The molecule has 3 heteroatoms. The van der Waals surface area contributed by atoms with E-state index in [4.69, 9.17) is 4.98 Å². The fourth-order valence-electron chi connectivity index (χ4n) is 3.81. The van der Waals surface area contributed by atoms with E-state index in [2.05, 4.69) is 23.7 Å². The first-order valence-corrected chi connectivity index (χ1v) is 8.07. The molecule has 1 aliphatic carbocycles. The molecule has 2 atom stereocenters. The molecule has 0 bridgehead atoms. The number of hydrogen-bond acceptors (Lipinski definition) is 2. The van der Waals surface area contributed by atoms with E-state index < -0.39 is 0 Å². The highest BCUT2D eigenvalue weighted by molar-refractivity contribution is 5.20. The molecule has 2 aliphatic rings. The van der Waals surface area contributed by atoms with Crippen molar-refractivity contribution in [3.8, 4) is 0 Å². The number of fused-ring (bicyclic) bond motifs is 1. The molecule has 1 N–H and O–H groups in total. The van der Waals surface area contributed by atoms with Crippen LogP contribution in [0, 0.1) is 11.8 Å². The summed E-state index contributed by atoms with van der Waals surface area (Å²) in [6.07, 6.45) is 7.91. The molecule has 0 radical (unpaired) electrons. The summed E-state index contributed by atoms with van der Waals surface area (Å²) in [4.78, 5) is 4.86. The van der Waals surface area contributed by atoms with Crippen molar-refractivity contribution in [1.82, 2.24) is 14.9 Å². The first-order chi connectivity index (χ1) is 9.29. The summed E-state index contributed by atoms with van der Waals surface area (Å²) in [5.74, 6) is 3.07. The normalized spacial score (nSPS) is 27.3. The molecular formula is C16H27N3. The highest BCUT2D eigenvalue weighted by atomic mass is 15.1. The van der Waals surface area contributed by atoms with Crippen LogP contribution >= 0.6 is 0 Å². The van der Waals surface area contributed by atoms with Gasteiger partial charge in [0.2, 0.25) is 0 Å². The molecule has 19 heavy (non-hydrogen) atoms. The van der Waals surface area contributed by atoms with E-state index in [1.54, 1.807) is 0 Å². The van der Waals surface area contributed by atoms with Crippen LogP contribution in [0.5, 0.6) is 0 Å². The molecule has 0 amide bonds. The number of nitrogens with one attached hydrogen (secondary N) is 1. The molecule has 3 nitrogen and oxygen atoms in total. The number of imidazole rings is 1. The molecule has 1 aromatic heterocycles. The van der Waals surface area contributed by atoms with Gasteiger partial charge in [-0.3, -0.25) is 0 Å². The van der Waals surface area contributed by atoms with Crippen molar-refractivity contribution >= 4 is 0 Å². The Bertz CT molecular complexity index is 435. The summed E-state index contributed by atoms with van der Waals surface area (Å²) in [6.45, 7) is 7.98. The highest BCUT2D eigenvalue weighted by Crippen LogP contribution is 2.32. The Morgan fingerprint density at radius 3 is 2.95 bits per heavy atom. The Kier molecular flexibility index (Phi) is 3.92. The lowest BCUT2D eigenvalue weighted by atomic mass is 9.80. The summed E-state index contributed by atoms with van der Waals surface area (Å²) >= 11 is 0. The van der Waals surface area contributed by atoms with Crippen LogP contribution in [0.25, 0.3) is 0 Å². The van der Waals surface area contributed by atoms with E-state index >= 15 is 0 Å². The second-order valence-corrected chi connectivity index (χ2v) is 6.33. The van der Waals surface area contributed by atoms with Gasteiger partial charge in [-0.25, -0.2) is 4.98 Å². The zero-order valence-corrected chi connectivity index (χ0v) is 12.4. The number of aryl methyl sites for hydroxylation is 1. The van der Waals surface area contributed by atoms with Gasteiger partial charge >= 0.3 is 0 Å². The molecule has 2 unspecified atom stereocenters. The third-order valence-corrected chi connectivity index (χ3v) is 5.09. The quantitative estimate of drug-likeness (QED) is 0.906. The van der Waals surface area contributed by atoms with E-state index in [0.717, 1.165) is 37.8 Å². The zero-order chi connectivity index (χ0) is 13.2. The minimum Gasteiger partial charge on any atom is -0.331 e. The number of rotatable bonds is 3. The smallest absolute Gasteiger partial charge is 0.108 e. The number of nitrogens with zero attached hydrogens (tertiary/aromatic N) is 2. The average molecular weight is 261 g/mol. The molecule has 0 saturated heterocycles. The monoisotopic (exact) mass is 261 g/mol. The van der Waals surface area contributed by atoms with E-state index in [-0.39, 0.29) is 0 Å². The van der Waals surface area contributed by atoms with Gasteiger partial charge in [0, 0.05) is 38.2 Å². The lowest BCUT2D eigenvalue weighted by Crippen LogP contribution is -2.28. The van der Waals surface area contributed by atoms with Crippen LogP contribution in [0.3, 0.4) is 0 Å². The maximum atomic E-state index is 4.86. The molecule has 1 aliphatic heterocycles. The Morgan fingerprint density at radius 2 is 2.16 bits per heavy atom. The molecule has 0 spiro atoms. The van der Waals surface area contributed by atoms with Gasteiger partial charge < -0.3 is 9.88 Å². The van der Waals surface area contributed by atoms with E-state index in [0.29, 0.717) is 0 Å². The predicted molar refractivity (Wildman–Crippen MR) is 78.1 cm³/mol. The summed E-state index contributed by atoms with van der Waals surface area (Å²) < 4.78 is 2.57. The van der Waals surface area contributed by atoms with Crippen LogP contribution in [0.1, 0.15) is 56.7 Å². The Balaban J connectivity index is 1.84. The minimum absolute atomic E-state index is 0.868. The van der Waals surface area contributed by atoms with E-state index in [1.807, 2.05) is 0 Å². The molecule has 106 valence electrons. The topological polar surface area (TPSA) is 29.9 Å². The largest absolute Gasteiger partial charge is 0.331 e. The van der Waals surface area contributed by atoms with Gasteiger partial charge in [-0.15, -0.1) is 0 Å². The Morgan fingerprint density at radius 1 is 1.32 bits per heavy atom. The van der Waals surface area contributed by atoms with Crippen molar-refractivity contribution < 1.29 is 0 Å². The second kappa shape index (κ2) is 5.66. The van der Waals surface area contributed by atoms with E-state index in [9.17, 15) is 0 Å². The third kappa shape index (κ3) is 2.58. The molecular weight excluding hydrogens is 234 g/mol. The number of hydrogen-bond donors (Lipinski definition) is 1. The lowest BCUT2D eigenvalue weighted by molar-refractivity contribution is 0.225. The second-order valence-electron chi connectivity index (χ2n) is 6.33. The first-order valence-electron chi connectivity index (χ1n) is 8.07. The maximum Gasteiger partial charge on any atom is 0.108 e. The zero-order valence-electron chi connectivity index (χ0n) is 12.4. The van der Waals surface area contributed by atoms with Crippen LogP contribution in [0.15, 0.2) is 0 Å². The lowest BCUT2D eigenvalue weighted by Gasteiger charge is -2.30. The van der Waals surface area contributed by atoms with Crippen LogP contribution in [-0.4, -0.2) is 16.1 Å². The SMILES string of the molecule is CCc1nc2c(n1CC1CCCCC1C)CCNC2. The van der Waals surface area contributed by atoms with Crippen LogP contribution < -0.4 is 5.32 Å². The van der Waals surface area contributed by atoms with Crippen LogP contribution in [0.2, 0.25) is 0 Å². The van der Waals surface area contributed by atoms with Crippen molar-refractivity contribution in [2.24, 2.45) is 11.8 Å². The van der Waals surface area contributed by atoms with Crippen molar-refractivity contribution in [3.05, 3.63) is 17.2 Å². The molecule has 1 saturated carbocycles. The summed E-state index contributed by atoms with van der Waals surface area (Å²) in [6, 6.07) is 0. The van der Waals surface area contributed by atoms with Gasteiger partial charge in [0.05, 0.1) is 5.69 Å². The maximum absolute atomic E-state index is 4.86. The molecule has 3 rings (SSSR count). The van der Waals surface area contributed by atoms with Crippen LogP contribution in [0.4, 0.5) is 0 Å². The molecule has 1 aromatic rings. The standard InChI is InChI=1S/C16H27N3/c1-3-16-18-14-10-17-9-8-15(14)19(16)11-13-7-5-4-6-12(13)2/h12-13,17H,3-11H2,1-2H3. The van der Waals surface area contributed by atoms with Crippen molar-refractivity contribution in [3.63, 3.8) is 0 Å². The molecule has 2 heterocycles. The van der Waals surface area contributed by atoms with Crippen LogP contribution in [-0.2, 0) is 25.9 Å². The number of aromatic nitrogens is 2. The van der Waals surface area contributed by atoms with Gasteiger partial charge in [-0.1, -0.05) is 33.1 Å². The van der Waals surface area contributed by atoms with Gasteiger partial charge in [0.25, 0.3) is 0 Å². The van der Waals surface area contributed by atoms with E-state index in [1.165, 1.54) is 49.4 Å². The predicted octanol–water partition coefficient (Wildman–Crippen LogP) is 2.92. The summed E-state index contributed by atoms with van der Waals surface area (Å²) in [7, 11) is 0. The van der Waals surface area contributed by atoms with Crippen molar-refractivity contribution in [2.75, 3.05) is 6.54 Å². The Hall–Kier alpha value is -0.830. The average Bonchev–Trinajstić information content (AvgIpc) is 2.79.